The topological polar surface area (TPSA) is 71.8 Å². The van der Waals surface area contributed by atoms with Crippen molar-refractivity contribution in [3.63, 3.8) is 0 Å². The van der Waals surface area contributed by atoms with Gasteiger partial charge in [-0.15, -0.1) is 28.8 Å². The molecule has 3 heterocycles. The Balaban J connectivity index is 0.00000225. The summed E-state index contributed by atoms with van der Waals surface area (Å²) >= 11 is 1.78. The molecule has 1 fully saturated rings. The van der Waals surface area contributed by atoms with E-state index in [1.165, 1.54) is 9.75 Å². The molecule has 8 heteroatoms. The maximum Gasteiger partial charge on any atom is 0.273 e. The first-order valence-electron chi connectivity index (χ1n) is 8.53. The van der Waals surface area contributed by atoms with E-state index in [1.807, 2.05) is 18.5 Å². The second-order valence-electron chi connectivity index (χ2n) is 6.54. The van der Waals surface area contributed by atoms with Crippen molar-refractivity contribution in [1.82, 2.24) is 25.6 Å². The summed E-state index contributed by atoms with van der Waals surface area (Å²) in [5.41, 5.74) is 1.31. The predicted octanol–water partition coefficient (Wildman–Crippen LogP) is 2.66. The van der Waals surface area contributed by atoms with Crippen LogP contribution in [0.25, 0.3) is 0 Å². The number of rotatable bonds is 5. The van der Waals surface area contributed by atoms with Crippen molar-refractivity contribution in [3.05, 3.63) is 33.3 Å². The third-order valence-electron chi connectivity index (χ3n) is 4.48. The van der Waals surface area contributed by atoms with Gasteiger partial charge in [-0.2, -0.15) is 0 Å². The first-order chi connectivity index (χ1) is 11.5. The fourth-order valence-corrected chi connectivity index (χ4v) is 4.21. The minimum Gasteiger partial charge on any atom is -0.348 e. The third kappa shape index (κ3) is 4.80. The second kappa shape index (κ2) is 8.78. The van der Waals surface area contributed by atoms with E-state index in [0.29, 0.717) is 11.7 Å². The minimum absolute atomic E-state index is 0. The molecule has 2 N–H and O–H groups in total. The van der Waals surface area contributed by atoms with E-state index >= 15 is 0 Å². The van der Waals surface area contributed by atoms with Crippen LogP contribution in [0.5, 0.6) is 0 Å². The van der Waals surface area contributed by atoms with Crippen molar-refractivity contribution in [3.8, 4) is 0 Å². The number of nitrogens with zero attached hydrogens (tertiary/aromatic N) is 3. The lowest BCUT2D eigenvalue weighted by Crippen LogP contribution is -2.34. The highest BCUT2D eigenvalue weighted by Crippen LogP contribution is 2.20. The maximum absolute atomic E-state index is 12.5. The lowest BCUT2D eigenvalue weighted by Gasteiger charge is -2.23. The molecule has 0 aliphatic carbocycles. The SMILES string of the molecule is Cc1ccc(CC(C)NC(=O)c2nnn(C3CCNCC3)c2C)s1.Cl. The molecule has 1 unspecified atom stereocenters. The Bertz CT molecular complexity index is 708. The van der Waals surface area contributed by atoms with E-state index in [2.05, 4.69) is 40.0 Å². The normalized spacial score (nSPS) is 16.3. The predicted molar refractivity (Wildman–Crippen MR) is 103 cm³/mol. The Kier molecular flexibility index (Phi) is 6.98. The largest absolute Gasteiger partial charge is 0.348 e. The van der Waals surface area contributed by atoms with Crippen molar-refractivity contribution in [2.45, 2.75) is 52.1 Å². The van der Waals surface area contributed by atoms with Gasteiger partial charge in [-0.05, 0) is 58.8 Å². The molecule has 0 saturated carbocycles. The van der Waals surface area contributed by atoms with E-state index in [0.717, 1.165) is 38.0 Å². The fourth-order valence-electron chi connectivity index (χ4n) is 3.19. The quantitative estimate of drug-likeness (QED) is 0.832. The van der Waals surface area contributed by atoms with Gasteiger partial charge in [0.25, 0.3) is 5.91 Å². The van der Waals surface area contributed by atoms with Gasteiger partial charge >= 0.3 is 0 Å². The maximum atomic E-state index is 12.5. The summed E-state index contributed by atoms with van der Waals surface area (Å²) in [6.07, 6.45) is 2.89. The van der Waals surface area contributed by atoms with Crippen LogP contribution in [0.1, 0.15) is 51.7 Å². The van der Waals surface area contributed by atoms with Crippen molar-refractivity contribution < 1.29 is 4.79 Å². The number of piperidine rings is 1. The number of carbonyl (C=O) groups excluding carboxylic acids is 1. The van der Waals surface area contributed by atoms with Gasteiger partial charge in [-0.25, -0.2) is 4.68 Å². The Morgan fingerprint density at radius 3 is 2.76 bits per heavy atom. The minimum atomic E-state index is -0.131. The standard InChI is InChI=1S/C17H25N5OS.ClH/c1-11(10-15-5-4-12(2)24-15)19-17(23)16-13(3)22(21-20-16)14-6-8-18-9-7-14;/h4-5,11,14,18H,6-10H2,1-3H3,(H,19,23);1H. The smallest absolute Gasteiger partial charge is 0.273 e. The summed E-state index contributed by atoms with van der Waals surface area (Å²) in [7, 11) is 0. The van der Waals surface area contributed by atoms with Crippen LogP contribution in [-0.2, 0) is 6.42 Å². The number of aryl methyl sites for hydroxylation is 1. The number of nitrogens with one attached hydrogen (secondary N) is 2. The summed E-state index contributed by atoms with van der Waals surface area (Å²) in [6, 6.07) is 4.65. The molecule has 2 aromatic heterocycles. The molecule has 1 amide bonds. The van der Waals surface area contributed by atoms with Crippen LogP contribution in [0.15, 0.2) is 12.1 Å². The Labute approximate surface area is 158 Å². The van der Waals surface area contributed by atoms with Crippen molar-refractivity contribution in [1.29, 1.82) is 0 Å². The molecule has 0 radical (unpaired) electrons. The Morgan fingerprint density at radius 1 is 1.40 bits per heavy atom. The number of hydrogen-bond acceptors (Lipinski definition) is 5. The molecule has 3 rings (SSSR count). The third-order valence-corrected chi connectivity index (χ3v) is 5.50. The highest BCUT2D eigenvalue weighted by Gasteiger charge is 2.23. The van der Waals surface area contributed by atoms with E-state index in [1.54, 1.807) is 11.3 Å². The Hall–Kier alpha value is -1.44. The zero-order chi connectivity index (χ0) is 17.1. The summed E-state index contributed by atoms with van der Waals surface area (Å²) in [5.74, 6) is -0.131. The number of amides is 1. The van der Waals surface area contributed by atoms with Gasteiger partial charge in [0.2, 0.25) is 0 Å². The van der Waals surface area contributed by atoms with Crippen LogP contribution in [-0.4, -0.2) is 40.0 Å². The Morgan fingerprint density at radius 2 is 2.12 bits per heavy atom. The number of aromatic nitrogens is 3. The lowest BCUT2D eigenvalue weighted by atomic mass is 10.1. The van der Waals surface area contributed by atoms with Crippen LogP contribution in [0.3, 0.4) is 0 Å². The molecule has 1 atom stereocenters. The van der Waals surface area contributed by atoms with Gasteiger partial charge in [0.1, 0.15) is 0 Å². The van der Waals surface area contributed by atoms with Crippen molar-refractivity contribution >= 4 is 29.7 Å². The molecule has 0 aromatic carbocycles. The van der Waals surface area contributed by atoms with Crippen LogP contribution >= 0.6 is 23.7 Å². The average molecular weight is 384 g/mol. The van der Waals surface area contributed by atoms with E-state index in [-0.39, 0.29) is 24.4 Å². The molecule has 0 spiro atoms. The molecule has 0 bridgehead atoms. The monoisotopic (exact) mass is 383 g/mol. The molecule has 1 aliphatic rings. The van der Waals surface area contributed by atoms with Crippen LogP contribution in [0, 0.1) is 13.8 Å². The van der Waals surface area contributed by atoms with Crippen LogP contribution in [0.4, 0.5) is 0 Å². The first-order valence-corrected chi connectivity index (χ1v) is 9.35. The van der Waals surface area contributed by atoms with Gasteiger partial charge in [0, 0.05) is 22.2 Å². The van der Waals surface area contributed by atoms with E-state index in [4.69, 9.17) is 0 Å². The zero-order valence-electron chi connectivity index (χ0n) is 14.9. The number of halogens is 1. The lowest BCUT2D eigenvalue weighted by molar-refractivity contribution is 0.0934. The van der Waals surface area contributed by atoms with Crippen molar-refractivity contribution in [2.75, 3.05) is 13.1 Å². The number of thiophene rings is 1. The number of hydrogen-bond donors (Lipinski definition) is 2. The highest BCUT2D eigenvalue weighted by atomic mass is 35.5. The number of carbonyl (C=O) groups is 1. The molecule has 25 heavy (non-hydrogen) atoms. The highest BCUT2D eigenvalue weighted by molar-refractivity contribution is 7.11. The zero-order valence-corrected chi connectivity index (χ0v) is 16.5. The summed E-state index contributed by atoms with van der Waals surface area (Å²) in [4.78, 5) is 15.1. The molecule has 2 aromatic rings. The van der Waals surface area contributed by atoms with Gasteiger partial charge in [-0.1, -0.05) is 5.21 Å². The summed E-state index contributed by atoms with van der Waals surface area (Å²) in [5, 5.41) is 14.8. The van der Waals surface area contributed by atoms with E-state index in [9.17, 15) is 4.79 Å². The molecular formula is C17H26ClN5OS. The summed E-state index contributed by atoms with van der Waals surface area (Å²) in [6.45, 7) is 8.04. The average Bonchev–Trinajstić information content (AvgIpc) is 3.13. The fraction of sp³-hybridized carbons (Fsp3) is 0.588. The second-order valence-corrected chi connectivity index (χ2v) is 7.91. The van der Waals surface area contributed by atoms with Gasteiger partial charge in [0.05, 0.1) is 11.7 Å². The molecule has 1 aliphatic heterocycles. The molecule has 1 saturated heterocycles. The van der Waals surface area contributed by atoms with E-state index < -0.39 is 0 Å². The molecule has 138 valence electrons. The summed E-state index contributed by atoms with van der Waals surface area (Å²) < 4.78 is 1.92. The van der Waals surface area contributed by atoms with Gasteiger partial charge in [0.15, 0.2) is 5.69 Å². The van der Waals surface area contributed by atoms with Crippen molar-refractivity contribution in [2.24, 2.45) is 0 Å². The van der Waals surface area contributed by atoms with Gasteiger partial charge < -0.3 is 10.6 Å². The van der Waals surface area contributed by atoms with Gasteiger partial charge in [-0.3, -0.25) is 4.79 Å². The molecular weight excluding hydrogens is 358 g/mol. The van der Waals surface area contributed by atoms with Crippen LogP contribution in [0.2, 0.25) is 0 Å². The first kappa shape index (κ1) is 19.9. The molecule has 6 nitrogen and oxygen atoms in total. The van der Waals surface area contributed by atoms with Crippen LogP contribution < -0.4 is 10.6 Å².